The van der Waals surface area contributed by atoms with E-state index in [1.54, 1.807) is 0 Å². The molecule has 0 atom stereocenters. The third kappa shape index (κ3) is 10.2. The smallest absolute Gasteiger partial charge is 0.193 e. The number of rotatable bonds is 9. The highest BCUT2D eigenvalue weighted by molar-refractivity contribution is 14.0. The first kappa shape index (κ1) is 22.7. The summed E-state index contributed by atoms with van der Waals surface area (Å²) in [5.74, 6) is 0.960. The lowest BCUT2D eigenvalue weighted by molar-refractivity contribution is 0.144. The van der Waals surface area contributed by atoms with E-state index in [2.05, 4.69) is 64.4 Å². The molecule has 6 heteroatoms. The predicted molar refractivity (Wildman–Crippen MR) is 113 cm³/mol. The Morgan fingerprint density at radius 2 is 1.91 bits per heavy atom. The van der Waals surface area contributed by atoms with Gasteiger partial charge in [-0.25, -0.2) is 0 Å². The standard InChI is InChI=1S/C17H28BrN3O.HI/c1-4-19-17(20-12-6-7-13-22-5-2)21(3)14-15-8-10-16(18)11-9-15;/h8-11H,4-7,12-14H2,1-3H3,(H,19,20);1H. The summed E-state index contributed by atoms with van der Waals surface area (Å²) < 4.78 is 6.45. The summed E-state index contributed by atoms with van der Waals surface area (Å²) in [4.78, 5) is 6.85. The van der Waals surface area contributed by atoms with Crippen LogP contribution in [0.1, 0.15) is 32.3 Å². The van der Waals surface area contributed by atoms with Crippen molar-refractivity contribution >= 4 is 45.9 Å². The molecule has 0 saturated carbocycles. The third-order valence-corrected chi connectivity index (χ3v) is 3.72. The molecule has 0 aliphatic heterocycles. The Balaban J connectivity index is 0.00000484. The lowest BCUT2D eigenvalue weighted by atomic mass is 10.2. The van der Waals surface area contributed by atoms with Gasteiger partial charge >= 0.3 is 0 Å². The van der Waals surface area contributed by atoms with E-state index < -0.39 is 0 Å². The van der Waals surface area contributed by atoms with Gasteiger partial charge in [-0.1, -0.05) is 28.1 Å². The fourth-order valence-electron chi connectivity index (χ4n) is 2.05. The molecule has 0 fully saturated rings. The number of halogens is 2. The van der Waals surface area contributed by atoms with Gasteiger partial charge in [-0.2, -0.15) is 0 Å². The molecule has 0 saturated heterocycles. The topological polar surface area (TPSA) is 36.9 Å². The molecule has 1 N–H and O–H groups in total. The second-order valence-corrected chi connectivity index (χ2v) is 6.04. The van der Waals surface area contributed by atoms with Crippen molar-refractivity contribution in [1.29, 1.82) is 0 Å². The molecular formula is C17H29BrIN3O. The van der Waals surface area contributed by atoms with Crippen molar-refractivity contribution in [2.45, 2.75) is 33.2 Å². The first-order valence-corrected chi connectivity index (χ1v) is 8.78. The van der Waals surface area contributed by atoms with Gasteiger partial charge in [0, 0.05) is 44.4 Å². The van der Waals surface area contributed by atoms with Crippen molar-refractivity contribution < 1.29 is 4.74 Å². The van der Waals surface area contributed by atoms with E-state index in [0.29, 0.717) is 0 Å². The maximum Gasteiger partial charge on any atom is 0.193 e. The van der Waals surface area contributed by atoms with Gasteiger partial charge in [-0.15, -0.1) is 24.0 Å². The fraction of sp³-hybridized carbons (Fsp3) is 0.588. The molecule has 0 aromatic heterocycles. The highest BCUT2D eigenvalue weighted by Crippen LogP contribution is 2.11. The van der Waals surface area contributed by atoms with E-state index in [1.165, 1.54) is 5.56 Å². The number of unbranched alkanes of at least 4 members (excludes halogenated alkanes) is 1. The average Bonchev–Trinajstić information content (AvgIpc) is 2.51. The zero-order valence-electron chi connectivity index (χ0n) is 14.3. The van der Waals surface area contributed by atoms with Crippen LogP contribution in [0, 0.1) is 0 Å². The number of benzene rings is 1. The van der Waals surface area contributed by atoms with Crippen LogP contribution in [0.2, 0.25) is 0 Å². The van der Waals surface area contributed by atoms with Gasteiger partial charge in [0.2, 0.25) is 0 Å². The first-order valence-electron chi connectivity index (χ1n) is 7.99. The molecule has 1 rings (SSSR count). The lowest BCUT2D eigenvalue weighted by Crippen LogP contribution is -2.38. The second kappa shape index (κ2) is 14.0. The van der Waals surface area contributed by atoms with E-state index in [4.69, 9.17) is 9.73 Å². The van der Waals surface area contributed by atoms with Crippen LogP contribution >= 0.6 is 39.9 Å². The van der Waals surface area contributed by atoms with E-state index in [-0.39, 0.29) is 24.0 Å². The summed E-state index contributed by atoms with van der Waals surface area (Å²) in [6.07, 6.45) is 2.12. The van der Waals surface area contributed by atoms with Crippen molar-refractivity contribution in [1.82, 2.24) is 10.2 Å². The van der Waals surface area contributed by atoms with Crippen molar-refractivity contribution in [3.8, 4) is 0 Å². The van der Waals surface area contributed by atoms with E-state index >= 15 is 0 Å². The van der Waals surface area contributed by atoms with Crippen LogP contribution in [-0.4, -0.2) is 44.2 Å². The highest BCUT2D eigenvalue weighted by atomic mass is 127. The summed E-state index contributed by atoms with van der Waals surface area (Å²) in [6.45, 7) is 8.30. The molecular weight excluding hydrogens is 469 g/mol. The highest BCUT2D eigenvalue weighted by Gasteiger charge is 2.06. The zero-order chi connectivity index (χ0) is 16.2. The van der Waals surface area contributed by atoms with Crippen LogP contribution in [0.15, 0.2) is 33.7 Å². The van der Waals surface area contributed by atoms with Crippen LogP contribution in [-0.2, 0) is 11.3 Å². The Bertz CT molecular complexity index is 440. The Morgan fingerprint density at radius 3 is 2.52 bits per heavy atom. The molecule has 23 heavy (non-hydrogen) atoms. The quantitative estimate of drug-likeness (QED) is 0.239. The summed E-state index contributed by atoms with van der Waals surface area (Å²) in [5, 5.41) is 3.35. The summed E-state index contributed by atoms with van der Waals surface area (Å²) in [7, 11) is 2.07. The molecule has 4 nitrogen and oxygen atoms in total. The summed E-state index contributed by atoms with van der Waals surface area (Å²) >= 11 is 3.47. The van der Waals surface area contributed by atoms with Gasteiger partial charge < -0.3 is 15.0 Å². The van der Waals surface area contributed by atoms with Crippen molar-refractivity contribution in [2.24, 2.45) is 4.99 Å². The number of aliphatic imine (C=N–C) groups is 1. The van der Waals surface area contributed by atoms with E-state index in [1.807, 2.05) is 6.92 Å². The predicted octanol–water partition coefficient (Wildman–Crippen LogP) is 4.28. The van der Waals surface area contributed by atoms with Gasteiger partial charge in [0.05, 0.1) is 0 Å². The molecule has 0 amide bonds. The molecule has 132 valence electrons. The number of hydrogen-bond acceptors (Lipinski definition) is 2. The molecule has 0 unspecified atom stereocenters. The normalized spacial score (nSPS) is 11.0. The molecule has 0 radical (unpaired) electrons. The Labute approximate surface area is 166 Å². The van der Waals surface area contributed by atoms with Gasteiger partial charge in [0.1, 0.15) is 0 Å². The number of guanidine groups is 1. The molecule has 0 aliphatic rings. The fourth-order valence-corrected chi connectivity index (χ4v) is 2.32. The lowest BCUT2D eigenvalue weighted by Gasteiger charge is -2.22. The molecule has 0 aliphatic carbocycles. The SMILES string of the molecule is CCNC(=NCCCCOCC)N(C)Cc1ccc(Br)cc1.I. The zero-order valence-corrected chi connectivity index (χ0v) is 18.3. The van der Waals surface area contributed by atoms with Crippen LogP contribution < -0.4 is 5.32 Å². The maximum atomic E-state index is 5.35. The van der Waals surface area contributed by atoms with Crippen molar-refractivity contribution in [3.05, 3.63) is 34.3 Å². The van der Waals surface area contributed by atoms with Crippen LogP contribution in [0.4, 0.5) is 0 Å². The van der Waals surface area contributed by atoms with Crippen LogP contribution in [0.3, 0.4) is 0 Å². The van der Waals surface area contributed by atoms with Crippen molar-refractivity contribution in [3.63, 3.8) is 0 Å². The van der Waals surface area contributed by atoms with Gasteiger partial charge in [0.25, 0.3) is 0 Å². The largest absolute Gasteiger partial charge is 0.382 e. The van der Waals surface area contributed by atoms with E-state index in [9.17, 15) is 0 Å². The summed E-state index contributed by atoms with van der Waals surface area (Å²) in [6, 6.07) is 8.40. The van der Waals surface area contributed by atoms with Gasteiger partial charge in [-0.05, 0) is 44.4 Å². The van der Waals surface area contributed by atoms with Crippen LogP contribution in [0.25, 0.3) is 0 Å². The summed E-state index contributed by atoms with van der Waals surface area (Å²) in [5.41, 5.74) is 1.27. The average molecular weight is 498 g/mol. The second-order valence-electron chi connectivity index (χ2n) is 5.12. The molecule has 0 spiro atoms. The first-order chi connectivity index (χ1) is 10.7. The molecule has 1 aromatic carbocycles. The Hall–Kier alpha value is -0.340. The molecule has 0 bridgehead atoms. The minimum absolute atomic E-state index is 0. The van der Waals surface area contributed by atoms with E-state index in [0.717, 1.165) is 56.1 Å². The number of nitrogens with one attached hydrogen (secondary N) is 1. The maximum absolute atomic E-state index is 5.35. The Morgan fingerprint density at radius 1 is 1.22 bits per heavy atom. The molecule has 1 aromatic rings. The molecule has 0 heterocycles. The third-order valence-electron chi connectivity index (χ3n) is 3.19. The number of ether oxygens (including phenoxy) is 1. The number of hydrogen-bond donors (Lipinski definition) is 1. The van der Waals surface area contributed by atoms with Crippen LogP contribution in [0.5, 0.6) is 0 Å². The van der Waals surface area contributed by atoms with Gasteiger partial charge in [0.15, 0.2) is 5.96 Å². The van der Waals surface area contributed by atoms with Gasteiger partial charge in [-0.3, -0.25) is 4.99 Å². The minimum Gasteiger partial charge on any atom is -0.382 e. The monoisotopic (exact) mass is 497 g/mol. The van der Waals surface area contributed by atoms with Crippen molar-refractivity contribution in [2.75, 3.05) is 33.4 Å². The number of nitrogens with zero attached hydrogens (tertiary/aromatic N) is 2. The Kier molecular flexibility index (Phi) is 13.8. The minimum atomic E-state index is 0.